The van der Waals surface area contributed by atoms with E-state index in [4.69, 9.17) is 28.0 Å². The maximum absolute atomic E-state index is 13.2. The van der Waals surface area contributed by atoms with Crippen LogP contribution in [-0.2, 0) is 28.9 Å². The van der Waals surface area contributed by atoms with Gasteiger partial charge in [-0.15, -0.1) is 0 Å². The van der Waals surface area contributed by atoms with Crippen molar-refractivity contribution in [2.75, 3.05) is 32.8 Å². The number of anilines is 1. The Kier molecular flexibility index (Phi) is 14.7. The molecule has 2 N–H and O–H groups in total. The minimum Gasteiger partial charge on any atom is -0.497 e. The number of fused-ring (bicyclic) bond motifs is 1. The van der Waals surface area contributed by atoms with Gasteiger partial charge in [0.15, 0.2) is 11.2 Å². The lowest BCUT2D eigenvalue weighted by Crippen LogP contribution is -2.39. The molecule has 6 rings (SSSR count). The highest BCUT2D eigenvalue weighted by Gasteiger charge is 2.45. The Balaban J connectivity index is 1.45. The number of rotatable bonds is 19. The zero-order valence-electron chi connectivity index (χ0n) is 35.3. The molecule has 1 saturated heterocycles. The average Bonchev–Trinajstić information content (AvgIpc) is 3.85. The molecule has 3 aromatic carbocycles. The minimum atomic E-state index is -1.70. The van der Waals surface area contributed by atoms with E-state index >= 15 is 0 Å². The van der Waals surface area contributed by atoms with Crippen molar-refractivity contribution in [1.82, 2.24) is 24.2 Å². The third-order valence-corrected chi connectivity index (χ3v) is 12.4. The van der Waals surface area contributed by atoms with Gasteiger partial charge in [0, 0.05) is 24.4 Å². The predicted molar refractivity (Wildman–Crippen MR) is 228 cm³/mol. The van der Waals surface area contributed by atoms with E-state index in [1.807, 2.05) is 78.9 Å². The number of hydrogen-bond acceptors (Lipinski definition) is 12. The van der Waals surface area contributed by atoms with Gasteiger partial charge in [0.25, 0.3) is 14.1 Å². The molecular weight excluding hydrogens is 785 g/mol. The summed E-state index contributed by atoms with van der Waals surface area (Å²) in [6.45, 7) is 12.0. The molecule has 0 spiro atoms. The summed E-state index contributed by atoms with van der Waals surface area (Å²) >= 11 is 0. The van der Waals surface area contributed by atoms with Crippen LogP contribution in [-0.4, -0.2) is 81.8 Å². The number of aromatic amines is 1. The molecule has 2 unspecified atom stereocenters. The van der Waals surface area contributed by atoms with Gasteiger partial charge in [-0.2, -0.15) is 10.2 Å². The van der Waals surface area contributed by atoms with Gasteiger partial charge < -0.3 is 28.0 Å². The number of benzene rings is 3. The molecule has 1 amide bonds. The lowest BCUT2D eigenvalue weighted by atomic mass is 9.80. The average molecular weight is 840 g/mol. The Bertz CT molecular complexity index is 2220. The Morgan fingerprint density at radius 1 is 0.967 bits per heavy atom. The molecule has 2 aromatic heterocycles. The van der Waals surface area contributed by atoms with Crippen LogP contribution in [0.5, 0.6) is 11.5 Å². The highest BCUT2D eigenvalue weighted by atomic mass is 31.2. The van der Waals surface area contributed by atoms with Crippen LogP contribution in [0, 0.1) is 17.2 Å². The van der Waals surface area contributed by atoms with Gasteiger partial charge in [0.2, 0.25) is 11.9 Å². The van der Waals surface area contributed by atoms with E-state index in [1.54, 1.807) is 32.6 Å². The number of amides is 1. The molecule has 60 heavy (non-hydrogen) atoms. The molecule has 0 radical (unpaired) electrons. The van der Waals surface area contributed by atoms with Crippen molar-refractivity contribution in [3.63, 3.8) is 0 Å². The minimum absolute atomic E-state index is 0.00387. The molecule has 1 aliphatic heterocycles. The zero-order valence-corrected chi connectivity index (χ0v) is 36.2. The van der Waals surface area contributed by atoms with Gasteiger partial charge >= 0.3 is 0 Å². The molecule has 1 fully saturated rings. The van der Waals surface area contributed by atoms with Crippen molar-refractivity contribution in [2.24, 2.45) is 5.92 Å². The summed E-state index contributed by atoms with van der Waals surface area (Å²) in [6, 6.07) is 27.8. The van der Waals surface area contributed by atoms with Crippen molar-refractivity contribution in [3.05, 3.63) is 112 Å². The first-order chi connectivity index (χ1) is 28.9. The van der Waals surface area contributed by atoms with Gasteiger partial charge in [0.05, 0.1) is 52.4 Å². The fourth-order valence-electron chi connectivity index (χ4n) is 7.28. The molecule has 1 aliphatic rings. The fraction of sp³-hybridized carbons (Fsp3) is 0.432. The van der Waals surface area contributed by atoms with Crippen LogP contribution >= 0.6 is 8.53 Å². The highest BCUT2D eigenvalue weighted by molar-refractivity contribution is 7.44. The van der Waals surface area contributed by atoms with Crippen LogP contribution in [0.15, 0.2) is 90.0 Å². The quantitative estimate of drug-likeness (QED) is 0.0472. The number of hydrogen-bond donors (Lipinski definition) is 2. The van der Waals surface area contributed by atoms with Crippen LogP contribution < -0.4 is 20.3 Å². The Hall–Kier alpha value is -5.20. The lowest BCUT2D eigenvalue weighted by Gasteiger charge is -2.39. The third-order valence-electron chi connectivity index (χ3n) is 10.2. The number of methoxy groups -OCH3 is 2. The summed E-state index contributed by atoms with van der Waals surface area (Å²) in [5.41, 5.74) is 1.24. The van der Waals surface area contributed by atoms with E-state index in [0.29, 0.717) is 17.9 Å². The van der Waals surface area contributed by atoms with Gasteiger partial charge in [0.1, 0.15) is 29.4 Å². The topological polar surface area (TPSA) is 175 Å². The molecule has 0 saturated carbocycles. The highest BCUT2D eigenvalue weighted by Crippen LogP contribution is 2.51. The third kappa shape index (κ3) is 9.71. The molecule has 4 atom stereocenters. The second kappa shape index (κ2) is 19.9. The predicted octanol–water partition coefficient (Wildman–Crippen LogP) is 7.69. The normalized spacial score (nSPS) is 17.4. The van der Waals surface area contributed by atoms with E-state index in [2.05, 4.69) is 58.7 Å². The van der Waals surface area contributed by atoms with E-state index in [9.17, 15) is 14.9 Å². The van der Waals surface area contributed by atoms with Crippen molar-refractivity contribution in [3.8, 4) is 17.6 Å². The number of ether oxygens (including phenoxy) is 4. The van der Waals surface area contributed by atoms with Crippen molar-refractivity contribution >= 4 is 31.5 Å². The van der Waals surface area contributed by atoms with Crippen LogP contribution in [0.3, 0.4) is 0 Å². The van der Waals surface area contributed by atoms with Crippen LogP contribution in [0.2, 0.25) is 0 Å². The molecular formula is C44H54N7O8P. The number of H-pyrrole nitrogens is 1. The van der Waals surface area contributed by atoms with E-state index < -0.39 is 38.1 Å². The Labute approximate surface area is 351 Å². The largest absolute Gasteiger partial charge is 0.497 e. The molecule has 3 heterocycles. The molecule has 15 nitrogen and oxygen atoms in total. The monoisotopic (exact) mass is 839 g/mol. The molecule has 16 heteroatoms. The Morgan fingerprint density at radius 2 is 1.57 bits per heavy atom. The second-order valence-electron chi connectivity index (χ2n) is 15.3. The van der Waals surface area contributed by atoms with Gasteiger partial charge in [-0.1, -0.05) is 68.4 Å². The first kappa shape index (κ1) is 44.4. The lowest BCUT2D eigenvalue weighted by molar-refractivity contribution is -0.118. The van der Waals surface area contributed by atoms with Gasteiger partial charge in [-0.25, -0.2) is 9.65 Å². The molecule has 0 bridgehead atoms. The maximum atomic E-state index is 13.2. The number of nitrogens with zero attached hydrogens (tertiary/aromatic N) is 5. The standard InChI is InChI=1S/C44H54N7O8P/c1-28(2)41(52)48-43-47-40-39(42(53)49-43)46-27-50(40)38-25-36(59-60(57-24-12-23-45)51(29(3)4)30(5)6)37(58-38)26-56-44(31-13-10-9-11-14-31,32-15-19-34(54-7)20-16-32)33-17-21-35(55-8)22-18-33/h9-11,13-22,27-30,36-38H,12,24-26H2,1-8H3,(H2,47,48,49,52,53)/t36?,37-,38-,60?/m0/s1. The molecule has 5 aromatic rings. The van der Waals surface area contributed by atoms with Crippen molar-refractivity contribution < 1.29 is 32.8 Å². The van der Waals surface area contributed by atoms with Crippen LogP contribution in [0.4, 0.5) is 5.95 Å². The van der Waals surface area contributed by atoms with Crippen molar-refractivity contribution in [1.29, 1.82) is 5.26 Å². The summed E-state index contributed by atoms with van der Waals surface area (Å²) < 4.78 is 42.5. The summed E-state index contributed by atoms with van der Waals surface area (Å²) in [5.74, 6) is 0.758. The summed E-state index contributed by atoms with van der Waals surface area (Å²) in [7, 11) is 1.56. The maximum Gasteiger partial charge on any atom is 0.280 e. The van der Waals surface area contributed by atoms with E-state index in [-0.39, 0.29) is 60.7 Å². The smallest absolute Gasteiger partial charge is 0.280 e. The number of carbonyl (C=O) groups is 1. The van der Waals surface area contributed by atoms with Crippen molar-refractivity contribution in [2.45, 2.75) is 90.5 Å². The number of aromatic nitrogens is 4. The first-order valence-electron chi connectivity index (χ1n) is 20.1. The molecule has 318 valence electrons. The second-order valence-corrected chi connectivity index (χ2v) is 16.7. The zero-order chi connectivity index (χ0) is 43.0. The van der Waals surface area contributed by atoms with Gasteiger partial charge in [-0.3, -0.25) is 24.5 Å². The molecule has 0 aliphatic carbocycles. The van der Waals surface area contributed by atoms with E-state index in [1.165, 1.54) is 6.33 Å². The summed E-state index contributed by atoms with van der Waals surface area (Å²) in [5, 5.41) is 12.1. The van der Waals surface area contributed by atoms with E-state index in [0.717, 1.165) is 16.7 Å². The summed E-state index contributed by atoms with van der Waals surface area (Å²) in [4.78, 5) is 37.4. The number of nitriles is 1. The Morgan fingerprint density at radius 3 is 2.12 bits per heavy atom. The number of nitrogens with one attached hydrogen (secondary N) is 2. The van der Waals surface area contributed by atoms with Crippen LogP contribution in [0.1, 0.15) is 77.3 Å². The summed E-state index contributed by atoms with van der Waals surface area (Å²) in [6.07, 6.45) is -0.0106. The first-order valence-corrected chi connectivity index (χ1v) is 21.2. The number of imidazole rings is 1. The van der Waals surface area contributed by atoms with Crippen LogP contribution in [0.25, 0.3) is 11.2 Å². The number of carbonyl (C=O) groups excluding carboxylic acids is 1. The van der Waals surface area contributed by atoms with Gasteiger partial charge in [-0.05, 0) is 68.7 Å². The SMILES string of the molecule is COc1ccc(C(OC[C@@H]2O[C@H](n3cnc4c(=O)[nH]c(NC(=O)C(C)C)nc43)CC2OP(OCCC#N)N(C(C)C)C(C)C)(c2ccccc2)c2ccc(OC)cc2)cc1. The fourth-order valence-corrected chi connectivity index (χ4v) is 9.04.